The van der Waals surface area contributed by atoms with Crippen LogP contribution in [0.15, 0.2) is 66.2 Å². The summed E-state index contributed by atoms with van der Waals surface area (Å²) in [4.78, 5) is 29.1. The van der Waals surface area contributed by atoms with E-state index in [0.29, 0.717) is 45.7 Å². The van der Waals surface area contributed by atoms with Crippen molar-refractivity contribution in [2.75, 3.05) is 45.3 Å². The summed E-state index contributed by atoms with van der Waals surface area (Å²) < 4.78 is 27.9. The maximum Gasteiger partial charge on any atom is 0.255 e. The van der Waals surface area contributed by atoms with E-state index < -0.39 is 11.4 Å². The molecule has 1 atom stereocenters. The standard InChI is InChI=1S/C29H28N2O7/c1-34-20-9-11-25(36-3)22(14-20)30-28(33)29(19-13-18-7-5-6-8-24(18)38-17-19)16-27(32)31(29)23-15-21(35-2)10-12-26(23)37-4/h5-15H,16-17H2,1-4H3,(H,30,33). The van der Waals surface area contributed by atoms with Gasteiger partial charge in [0.05, 0.1) is 46.2 Å². The van der Waals surface area contributed by atoms with E-state index >= 15 is 0 Å². The van der Waals surface area contributed by atoms with Crippen molar-refractivity contribution in [2.24, 2.45) is 0 Å². The van der Waals surface area contributed by atoms with Gasteiger partial charge in [0, 0.05) is 23.3 Å². The number of hydrogen-bond donors (Lipinski definition) is 1. The molecule has 2 aliphatic heterocycles. The van der Waals surface area contributed by atoms with Crippen molar-refractivity contribution in [3.63, 3.8) is 0 Å². The summed E-state index contributed by atoms with van der Waals surface area (Å²) in [6.07, 6.45) is 1.84. The first-order valence-electron chi connectivity index (χ1n) is 12.0. The average molecular weight is 517 g/mol. The number of rotatable bonds is 8. The van der Waals surface area contributed by atoms with Gasteiger partial charge in [0.25, 0.3) is 5.91 Å². The molecule has 0 saturated carbocycles. The molecule has 0 bridgehead atoms. The second-order valence-electron chi connectivity index (χ2n) is 8.82. The molecule has 1 saturated heterocycles. The fourth-order valence-electron chi connectivity index (χ4n) is 4.89. The summed E-state index contributed by atoms with van der Waals surface area (Å²) in [6, 6.07) is 17.8. The molecular formula is C29H28N2O7. The molecule has 1 fully saturated rings. The van der Waals surface area contributed by atoms with E-state index in [1.165, 1.54) is 33.3 Å². The minimum absolute atomic E-state index is 0.0666. The van der Waals surface area contributed by atoms with Crippen LogP contribution in [-0.4, -0.2) is 52.4 Å². The summed E-state index contributed by atoms with van der Waals surface area (Å²) in [6.45, 7) is 0.121. The first kappa shape index (κ1) is 25.0. The largest absolute Gasteiger partial charge is 0.497 e. The minimum atomic E-state index is -1.40. The lowest BCUT2D eigenvalue weighted by atomic mass is 9.74. The number of β-lactam (4-membered cyclic amide) rings is 1. The quantitative estimate of drug-likeness (QED) is 0.446. The third-order valence-electron chi connectivity index (χ3n) is 6.86. The highest BCUT2D eigenvalue weighted by molar-refractivity contribution is 6.20. The first-order valence-corrected chi connectivity index (χ1v) is 12.0. The highest BCUT2D eigenvalue weighted by Crippen LogP contribution is 2.49. The van der Waals surface area contributed by atoms with E-state index in [2.05, 4.69) is 5.32 Å². The van der Waals surface area contributed by atoms with Gasteiger partial charge in [-0.3, -0.25) is 14.5 Å². The van der Waals surface area contributed by atoms with Crippen molar-refractivity contribution in [1.82, 2.24) is 0 Å². The molecule has 2 aliphatic rings. The fourth-order valence-corrected chi connectivity index (χ4v) is 4.89. The Morgan fingerprint density at radius 3 is 2.26 bits per heavy atom. The van der Waals surface area contributed by atoms with Gasteiger partial charge in [0.1, 0.15) is 35.4 Å². The second kappa shape index (κ2) is 10.0. The van der Waals surface area contributed by atoms with Crippen molar-refractivity contribution in [1.29, 1.82) is 0 Å². The van der Waals surface area contributed by atoms with E-state index in [4.69, 9.17) is 23.7 Å². The van der Waals surface area contributed by atoms with E-state index in [9.17, 15) is 9.59 Å². The number of methoxy groups -OCH3 is 4. The van der Waals surface area contributed by atoms with Gasteiger partial charge >= 0.3 is 0 Å². The Bertz CT molecular complexity index is 1430. The molecule has 3 aromatic carbocycles. The van der Waals surface area contributed by atoms with Crippen LogP contribution < -0.4 is 33.9 Å². The normalized spacial score (nSPS) is 17.8. The Hall–Kier alpha value is -4.66. The molecule has 5 rings (SSSR count). The van der Waals surface area contributed by atoms with Gasteiger partial charge in [-0.05, 0) is 36.4 Å². The Morgan fingerprint density at radius 1 is 0.895 bits per heavy atom. The van der Waals surface area contributed by atoms with Crippen molar-refractivity contribution in [2.45, 2.75) is 12.0 Å². The van der Waals surface area contributed by atoms with Crippen LogP contribution in [0, 0.1) is 0 Å². The van der Waals surface area contributed by atoms with Crippen molar-refractivity contribution < 1.29 is 33.3 Å². The Labute approximate surface area is 220 Å². The second-order valence-corrected chi connectivity index (χ2v) is 8.82. The summed E-state index contributed by atoms with van der Waals surface area (Å²) >= 11 is 0. The van der Waals surface area contributed by atoms with E-state index in [1.807, 2.05) is 30.3 Å². The molecule has 0 aliphatic carbocycles. The maximum atomic E-state index is 14.3. The lowest BCUT2D eigenvalue weighted by molar-refractivity contribution is -0.135. The van der Waals surface area contributed by atoms with Crippen LogP contribution >= 0.6 is 0 Å². The monoisotopic (exact) mass is 516 g/mol. The van der Waals surface area contributed by atoms with E-state index in [-0.39, 0.29) is 18.9 Å². The highest BCUT2D eigenvalue weighted by atomic mass is 16.5. The molecule has 196 valence electrons. The van der Waals surface area contributed by atoms with Gasteiger partial charge in [0.2, 0.25) is 5.91 Å². The van der Waals surface area contributed by atoms with Crippen LogP contribution in [-0.2, 0) is 9.59 Å². The van der Waals surface area contributed by atoms with Crippen LogP contribution in [0.25, 0.3) is 6.08 Å². The molecule has 0 radical (unpaired) electrons. The lowest BCUT2D eigenvalue weighted by Crippen LogP contribution is -2.71. The van der Waals surface area contributed by atoms with Crippen molar-refractivity contribution >= 4 is 29.3 Å². The molecule has 0 aromatic heterocycles. The van der Waals surface area contributed by atoms with Gasteiger partial charge < -0.3 is 29.0 Å². The molecular weight excluding hydrogens is 488 g/mol. The number of nitrogens with one attached hydrogen (secondary N) is 1. The Morgan fingerprint density at radius 2 is 1.58 bits per heavy atom. The number of ether oxygens (including phenoxy) is 5. The SMILES string of the molecule is COc1ccc(OC)c(NC(=O)C2(C3=Cc4ccccc4OC3)CC(=O)N2c2cc(OC)ccc2OC)c1. The third kappa shape index (κ3) is 4.06. The Balaban J connectivity index is 1.66. The number of para-hydroxylation sites is 1. The third-order valence-corrected chi connectivity index (χ3v) is 6.86. The Kier molecular flexibility index (Phi) is 6.59. The molecule has 3 aromatic rings. The maximum absolute atomic E-state index is 14.3. The van der Waals surface area contributed by atoms with Gasteiger partial charge in [-0.1, -0.05) is 18.2 Å². The molecule has 2 amide bonds. The number of carbonyl (C=O) groups excluding carboxylic acids is 2. The van der Waals surface area contributed by atoms with Crippen molar-refractivity contribution in [3.05, 3.63) is 71.8 Å². The zero-order valence-corrected chi connectivity index (χ0v) is 21.6. The number of hydrogen-bond acceptors (Lipinski definition) is 7. The molecule has 2 heterocycles. The predicted octanol–water partition coefficient (Wildman–Crippen LogP) is 4.31. The van der Waals surface area contributed by atoms with Gasteiger partial charge in [-0.25, -0.2) is 0 Å². The molecule has 38 heavy (non-hydrogen) atoms. The topological polar surface area (TPSA) is 95.6 Å². The molecule has 1 unspecified atom stereocenters. The molecule has 0 spiro atoms. The van der Waals surface area contributed by atoms with Crippen LogP contribution in [0.4, 0.5) is 11.4 Å². The van der Waals surface area contributed by atoms with Crippen molar-refractivity contribution in [3.8, 4) is 28.7 Å². The molecule has 1 N–H and O–H groups in total. The average Bonchev–Trinajstić information content (AvgIpc) is 2.95. The van der Waals surface area contributed by atoms with Gasteiger partial charge in [0.15, 0.2) is 5.54 Å². The first-order chi connectivity index (χ1) is 18.4. The summed E-state index contributed by atoms with van der Waals surface area (Å²) in [5, 5.41) is 2.98. The van der Waals surface area contributed by atoms with Crippen LogP contribution in [0.1, 0.15) is 12.0 Å². The smallest absolute Gasteiger partial charge is 0.255 e. The zero-order chi connectivity index (χ0) is 26.9. The van der Waals surface area contributed by atoms with Crippen LogP contribution in [0.2, 0.25) is 0 Å². The minimum Gasteiger partial charge on any atom is -0.497 e. The predicted molar refractivity (Wildman–Crippen MR) is 142 cm³/mol. The summed E-state index contributed by atoms with van der Waals surface area (Å²) in [5.41, 5.74) is 0.858. The summed E-state index contributed by atoms with van der Waals surface area (Å²) in [5.74, 6) is 1.96. The van der Waals surface area contributed by atoms with Crippen LogP contribution in [0.5, 0.6) is 28.7 Å². The zero-order valence-electron chi connectivity index (χ0n) is 21.6. The number of amides is 2. The highest BCUT2D eigenvalue weighted by Gasteiger charge is 2.61. The molecule has 9 nitrogen and oxygen atoms in total. The summed E-state index contributed by atoms with van der Waals surface area (Å²) in [7, 11) is 6.10. The van der Waals surface area contributed by atoms with E-state index in [0.717, 1.165) is 5.56 Å². The number of fused-ring (bicyclic) bond motifs is 1. The number of carbonyl (C=O) groups is 2. The molecule has 9 heteroatoms. The van der Waals surface area contributed by atoms with Gasteiger partial charge in [-0.15, -0.1) is 0 Å². The fraction of sp³-hybridized carbons (Fsp3) is 0.241. The van der Waals surface area contributed by atoms with Gasteiger partial charge in [-0.2, -0.15) is 0 Å². The van der Waals surface area contributed by atoms with Crippen LogP contribution in [0.3, 0.4) is 0 Å². The number of anilines is 2. The number of nitrogens with zero attached hydrogens (tertiary/aromatic N) is 1. The lowest BCUT2D eigenvalue weighted by Gasteiger charge is -2.52. The van der Waals surface area contributed by atoms with E-state index in [1.54, 1.807) is 36.4 Å². The number of benzene rings is 3.